The number of carboxylic acid groups (broad SMARTS) is 1. The lowest BCUT2D eigenvalue weighted by Gasteiger charge is -2.14. The van der Waals surface area contributed by atoms with Crippen LogP contribution >= 0.6 is 15.9 Å². The molecule has 0 atom stereocenters. The Morgan fingerprint density at radius 1 is 1.14 bits per heavy atom. The molecule has 0 aliphatic carbocycles. The number of benzene rings is 2. The maximum Gasteiger partial charge on any atom is 0.341 e. The summed E-state index contributed by atoms with van der Waals surface area (Å²) < 4.78 is 21.9. The molecule has 8 heteroatoms. The monoisotopic (exact) mass is 461 g/mol. The highest BCUT2D eigenvalue weighted by Crippen LogP contribution is 2.38. The average Bonchev–Trinajstić information content (AvgIpc) is 2.70. The van der Waals surface area contributed by atoms with E-state index in [0.29, 0.717) is 45.0 Å². The van der Waals surface area contributed by atoms with E-state index >= 15 is 0 Å². The molecule has 0 amide bonds. The molecule has 0 spiro atoms. The zero-order valence-corrected chi connectivity index (χ0v) is 17.8. The van der Waals surface area contributed by atoms with E-state index in [-0.39, 0.29) is 5.75 Å². The summed E-state index contributed by atoms with van der Waals surface area (Å²) in [6.07, 6.45) is 1.69. The van der Waals surface area contributed by atoms with E-state index in [4.69, 9.17) is 24.1 Å². The fraction of sp³-hybridized carbons (Fsp3) is 0.238. The first-order chi connectivity index (χ1) is 13.9. The van der Waals surface area contributed by atoms with Crippen molar-refractivity contribution in [1.29, 1.82) is 5.26 Å². The first-order valence-corrected chi connectivity index (χ1v) is 9.37. The third-order valence-corrected chi connectivity index (χ3v) is 4.39. The standard InChI is InChI=1S/C21H20BrNO6/c1-4-28-19-9-13(8-16(22)21(19)29-12-20(24)25)7-15(11-23)14-5-6-17(26-2)18(10-14)27-3/h5-10H,4,12H2,1-3H3,(H,24,25)/b15-7+. The highest BCUT2D eigenvalue weighted by molar-refractivity contribution is 9.10. The summed E-state index contributed by atoms with van der Waals surface area (Å²) in [5.41, 5.74) is 1.74. The van der Waals surface area contributed by atoms with Crippen LogP contribution in [0.25, 0.3) is 11.6 Å². The van der Waals surface area contributed by atoms with Gasteiger partial charge in [-0.3, -0.25) is 0 Å². The SMILES string of the molecule is CCOc1cc(/C=C(\C#N)c2ccc(OC)c(OC)c2)cc(Br)c1OCC(=O)O. The minimum atomic E-state index is -1.09. The third kappa shape index (κ3) is 5.65. The van der Waals surface area contributed by atoms with Gasteiger partial charge in [-0.2, -0.15) is 5.26 Å². The fourth-order valence-corrected chi connectivity index (χ4v) is 3.13. The summed E-state index contributed by atoms with van der Waals surface area (Å²) in [6.45, 7) is 1.68. The summed E-state index contributed by atoms with van der Waals surface area (Å²) in [6, 6.07) is 10.8. The zero-order chi connectivity index (χ0) is 21.4. The highest BCUT2D eigenvalue weighted by atomic mass is 79.9. The van der Waals surface area contributed by atoms with Gasteiger partial charge in [-0.25, -0.2) is 4.79 Å². The van der Waals surface area contributed by atoms with Crippen LogP contribution in [0.5, 0.6) is 23.0 Å². The van der Waals surface area contributed by atoms with Crippen molar-refractivity contribution in [3.63, 3.8) is 0 Å². The number of carboxylic acids is 1. The number of methoxy groups -OCH3 is 2. The van der Waals surface area contributed by atoms with Crippen molar-refractivity contribution in [2.24, 2.45) is 0 Å². The van der Waals surface area contributed by atoms with Gasteiger partial charge < -0.3 is 24.1 Å². The van der Waals surface area contributed by atoms with Gasteiger partial charge in [0.2, 0.25) is 0 Å². The lowest BCUT2D eigenvalue weighted by molar-refractivity contribution is -0.139. The number of allylic oxidation sites excluding steroid dienone is 1. The summed E-state index contributed by atoms with van der Waals surface area (Å²) >= 11 is 3.38. The molecule has 1 N–H and O–H groups in total. The Labute approximate surface area is 177 Å². The Bertz CT molecular complexity index is 964. The first-order valence-electron chi connectivity index (χ1n) is 8.58. The molecule has 29 heavy (non-hydrogen) atoms. The zero-order valence-electron chi connectivity index (χ0n) is 16.2. The van der Waals surface area contributed by atoms with Crippen LogP contribution in [0.4, 0.5) is 0 Å². The van der Waals surface area contributed by atoms with Gasteiger partial charge in [0.25, 0.3) is 0 Å². The molecule has 0 aromatic heterocycles. The Morgan fingerprint density at radius 2 is 1.86 bits per heavy atom. The molecule has 0 bridgehead atoms. The number of nitrogens with zero attached hydrogens (tertiary/aromatic N) is 1. The van der Waals surface area contributed by atoms with Gasteiger partial charge in [0, 0.05) is 0 Å². The van der Waals surface area contributed by atoms with Crippen molar-refractivity contribution in [2.75, 3.05) is 27.4 Å². The predicted octanol–water partition coefficient (Wildman–Crippen LogP) is 4.39. The second-order valence-electron chi connectivity index (χ2n) is 5.68. The van der Waals surface area contributed by atoms with Gasteiger partial charge in [0.15, 0.2) is 29.6 Å². The van der Waals surface area contributed by atoms with Crippen LogP contribution in [-0.4, -0.2) is 38.5 Å². The minimum absolute atomic E-state index is 0.288. The molecular formula is C21H20BrNO6. The number of ether oxygens (including phenoxy) is 4. The number of rotatable bonds is 9. The third-order valence-electron chi connectivity index (χ3n) is 3.80. The van der Waals surface area contributed by atoms with Crippen LogP contribution in [0.3, 0.4) is 0 Å². The van der Waals surface area contributed by atoms with E-state index in [1.54, 1.807) is 43.5 Å². The lowest BCUT2D eigenvalue weighted by Crippen LogP contribution is -2.10. The molecule has 0 heterocycles. The van der Waals surface area contributed by atoms with Crippen LogP contribution in [-0.2, 0) is 4.79 Å². The van der Waals surface area contributed by atoms with Crippen molar-refractivity contribution >= 4 is 33.5 Å². The number of aliphatic carboxylic acids is 1. The van der Waals surface area contributed by atoms with E-state index in [0.717, 1.165) is 0 Å². The maximum absolute atomic E-state index is 10.8. The lowest BCUT2D eigenvalue weighted by atomic mass is 10.0. The molecule has 0 aliphatic heterocycles. The molecule has 7 nitrogen and oxygen atoms in total. The average molecular weight is 462 g/mol. The van der Waals surface area contributed by atoms with Crippen LogP contribution in [0.1, 0.15) is 18.1 Å². The Hall–Kier alpha value is -3.18. The second-order valence-corrected chi connectivity index (χ2v) is 6.54. The summed E-state index contributed by atoms with van der Waals surface area (Å²) in [5.74, 6) is 0.646. The van der Waals surface area contributed by atoms with E-state index in [1.165, 1.54) is 7.11 Å². The first kappa shape index (κ1) is 22.1. The molecule has 2 aromatic rings. The molecule has 2 aromatic carbocycles. The molecule has 0 unspecified atom stereocenters. The summed E-state index contributed by atoms with van der Waals surface area (Å²) in [5, 5.41) is 18.5. The van der Waals surface area contributed by atoms with Gasteiger partial charge >= 0.3 is 5.97 Å². The van der Waals surface area contributed by atoms with Crippen molar-refractivity contribution in [2.45, 2.75) is 6.92 Å². The fourth-order valence-electron chi connectivity index (χ4n) is 2.56. The Kier molecular flexibility index (Phi) is 7.92. The topological polar surface area (TPSA) is 98.0 Å². The van der Waals surface area contributed by atoms with Crippen molar-refractivity contribution in [1.82, 2.24) is 0 Å². The van der Waals surface area contributed by atoms with Gasteiger partial charge in [0.05, 0.1) is 36.9 Å². The van der Waals surface area contributed by atoms with Gasteiger partial charge in [0.1, 0.15) is 0 Å². The number of nitriles is 1. The summed E-state index contributed by atoms with van der Waals surface area (Å²) in [4.78, 5) is 10.8. The molecule has 0 fully saturated rings. The second kappa shape index (κ2) is 10.4. The smallest absolute Gasteiger partial charge is 0.341 e. The van der Waals surface area contributed by atoms with Gasteiger partial charge in [-0.1, -0.05) is 0 Å². The molecule has 0 saturated heterocycles. The number of halogens is 1. The van der Waals surface area contributed by atoms with Crippen molar-refractivity contribution < 1.29 is 28.8 Å². The van der Waals surface area contributed by atoms with Crippen LogP contribution in [0.2, 0.25) is 0 Å². The van der Waals surface area contributed by atoms with E-state index in [9.17, 15) is 10.1 Å². The van der Waals surface area contributed by atoms with Crippen molar-refractivity contribution in [3.8, 4) is 29.1 Å². The number of hydrogen-bond donors (Lipinski definition) is 1. The van der Waals surface area contributed by atoms with E-state index < -0.39 is 12.6 Å². The Morgan fingerprint density at radius 3 is 2.45 bits per heavy atom. The molecule has 2 rings (SSSR count). The van der Waals surface area contributed by atoms with Gasteiger partial charge in [-0.05, 0) is 70.4 Å². The molecule has 0 aliphatic rings. The molecule has 0 saturated carbocycles. The Balaban J connectivity index is 2.48. The summed E-state index contributed by atoms with van der Waals surface area (Å²) in [7, 11) is 3.07. The highest BCUT2D eigenvalue weighted by Gasteiger charge is 2.14. The van der Waals surface area contributed by atoms with Gasteiger partial charge in [-0.15, -0.1) is 0 Å². The number of hydrogen-bond acceptors (Lipinski definition) is 6. The normalized spacial score (nSPS) is 10.8. The molecule has 0 radical (unpaired) electrons. The molecule has 152 valence electrons. The molecular weight excluding hydrogens is 442 g/mol. The minimum Gasteiger partial charge on any atom is -0.493 e. The van der Waals surface area contributed by atoms with Crippen molar-refractivity contribution in [3.05, 3.63) is 45.9 Å². The van der Waals surface area contributed by atoms with Crippen LogP contribution < -0.4 is 18.9 Å². The predicted molar refractivity (Wildman–Crippen MR) is 111 cm³/mol. The van der Waals surface area contributed by atoms with E-state index in [1.807, 2.05) is 6.92 Å². The number of carbonyl (C=O) groups is 1. The van der Waals surface area contributed by atoms with Crippen LogP contribution in [0.15, 0.2) is 34.8 Å². The largest absolute Gasteiger partial charge is 0.493 e. The maximum atomic E-state index is 10.8. The van der Waals surface area contributed by atoms with Crippen LogP contribution in [0, 0.1) is 11.3 Å². The quantitative estimate of drug-likeness (QED) is 0.436. The van der Waals surface area contributed by atoms with E-state index in [2.05, 4.69) is 22.0 Å².